The first-order valence-electron chi connectivity index (χ1n) is 8.53. The molecule has 2 heterocycles. The first-order chi connectivity index (χ1) is 13.3. The summed E-state index contributed by atoms with van der Waals surface area (Å²) in [6.07, 6.45) is -5.07. The van der Waals surface area contributed by atoms with E-state index in [1.807, 2.05) is 0 Å². The van der Waals surface area contributed by atoms with Crippen molar-refractivity contribution in [3.8, 4) is 11.1 Å². The molecule has 1 aromatic heterocycles. The minimum absolute atomic E-state index is 0.0113. The molecule has 0 aliphatic carbocycles. The van der Waals surface area contributed by atoms with Crippen molar-refractivity contribution in [2.45, 2.75) is 12.3 Å². The molecule has 1 N–H and O–H groups in total. The average Bonchev–Trinajstić information content (AvgIpc) is 3.14. The van der Waals surface area contributed by atoms with Gasteiger partial charge < -0.3 is 14.6 Å². The standard InChI is InChI=1S/C19H15F4N3O2/c20-14-6-12(11-1-2-15-16(8-11)25-10-24-15)5-13(7-14)18(27)26-3-4-28-17(9-26)19(21,22)23/h1-2,5-8,10,17H,3-4,9H2,(H,24,25). The molecule has 1 atom stereocenters. The summed E-state index contributed by atoms with van der Waals surface area (Å²) in [5.74, 6) is -1.31. The number of hydrogen-bond donors (Lipinski definition) is 1. The predicted octanol–water partition coefficient (Wildman–Crippen LogP) is 3.77. The van der Waals surface area contributed by atoms with Gasteiger partial charge in [-0.05, 0) is 41.5 Å². The maximum Gasteiger partial charge on any atom is 0.416 e. The molecule has 28 heavy (non-hydrogen) atoms. The third-order valence-corrected chi connectivity index (χ3v) is 4.62. The van der Waals surface area contributed by atoms with Gasteiger partial charge in [-0.15, -0.1) is 0 Å². The highest BCUT2D eigenvalue weighted by Gasteiger charge is 2.44. The lowest BCUT2D eigenvalue weighted by Gasteiger charge is -2.33. The van der Waals surface area contributed by atoms with Gasteiger partial charge in [-0.25, -0.2) is 9.37 Å². The van der Waals surface area contributed by atoms with Crippen LogP contribution in [0.1, 0.15) is 10.4 Å². The maximum atomic E-state index is 14.2. The lowest BCUT2D eigenvalue weighted by atomic mass is 10.0. The van der Waals surface area contributed by atoms with E-state index in [4.69, 9.17) is 4.74 Å². The van der Waals surface area contributed by atoms with Gasteiger partial charge >= 0.3 is 6.18 Å². The Morgan fingerprint density at radius 3 is 2.79 bits per heavy atom. The van der Waals surface area contributed by atoms with Crippen LogP contribution in [0.4, 0.5) is 17.6 Å². The van der Waals surface area contributed by atoms with Gasteiger partial charge in [0.15, 0.2) is 6.10 Å². The Hall–Kier alpha value is -2.94. The highest BCUT2D eigenvalue weighted by molar-refractivity contribution is 5.96. The van der Waals surface area contributed by atoms with Crippen molar-refractivity contribution in [1.29, 1.82) is 0 Å². The number of alkyl halides is 3. The fraction of sp³-hybridized carbons (Fsp3) is 0.263. The molecule has 0 bridgehead atoms. The van der Waals surface area contributed by atoms with Gasteiger partial charge in [0.05, 0.1) is 30.5 Å². The van der Waals surface area contributed by atoms with E-state index in [2.05, 4.69) is 9.97 Å². The molecule has 1 aliphatic heterocycles. The number of H-pyrrole nitrogens is 1. The Balaban J connectivity index is 1.64. The lowest BCUT2D eigenvalue weighted by molar-refractivity contribution is -0.233. The van der Waals surface area contributed by atoms with E-state index in [0.29, 0.717) is 11.1 Å². The van der Waals surface area contributed by atoms with Crippen molar-refractivity contribution in [3.63, 3.8) is 0 Å². The van der Waals surface area contributed by atoms with Crippen LogP contribution in [0, 0.1) is 5.82 Å². The molecule has 0 radical (unpaired) electrons. The summed E-state index contributed by atoms with van der Waals surface area (Å²) in [6.45, 7) is -0.833. The quantitative estimate of drug-likeness (QED) is 0.675. The number of imidazole rings is 1. The molecule has 0 spiro atoms. The molecule has 146 valence electrons. The number of carbonyl (C=O) groups excluding carboxylic acids is 1. The number of aromatic nitrogens is 2. The molecule has 2 aromatic carbocycles. The minimum atomic E-state index is -4.56. The SMILES string of the molecule is O=C(c1cc(F)cc(-c2ccc3nc[nH]c3c2)c1)N1CCOC(C(F)(F)F)C1. The Labute approximate surface area is 156 Å². The number of carbonyl (C=O) groups is 1. The fourth-order valence-electron chi connectivity index (χ4n) is 3.21. The Morgan fingerprint density at radius 1 is 1.18 bits per heavy atom. The van der Waals surface area contributed by atoms with E-state index in [-0.39, 0.29) is 18.7 Å². The topological polar surface area (TPSA) is 58.2 Å². The third kappa shape index (κ3) is 3.57. The van der Waals surface area contributed by atoms with Crippen molar-refractivity contribution in [1.82, 2.24) is 14.9 Å². The average molecular weight is 393 g/mol. The van der Waals surface area contributed by atoms with Gasteiger partial charge in [-0.1, -0.05) is 6.07 Å². The van der Waals surface area contributed by atoms with Crippen LogP contribution >= 0.6 is 0 Å². The van der Waals surface area contributed by atoms with Crippen LogP contribution in [0.5, 0.6) is 0 Å². The second-order valence-electron chi connectivity index (χ2n) is 6.52. The number of hydrogen-bond acceptors (Lipinski definition) is 3. The molecule has 0 saturated carbocycles. The van der Waals surface area contributed by atoms with E-state index in [9.17, 15) is 22.4 Å². The van der Waals surface area contributed by atoms with Gasteiger partial charge in [0.25, 0.3) is 5.91 Å². The summed E-state index contributed by atoms with van der Waals surface area (Å²) in [5, 5.41) is 0. The molecule has 5 nitrogen and oxygen atoms in total. The highest BCUT2D eigenvalue weighted by Crippen LogP contribution is 2.28. The number of ether oxygens (including phenoxy) is 1. The van der Waals surface area contributed by atoms with Gasteiger partial charge in [0.2, 0.25) is 0 Å². The number of benzene rings is 2. The summed E-state index contributed by atoms with van der Waals surface area (Å²) in [5.41, 5.74) is 2.57. The summed E-state index contributed by atoms with van der Waals surface area (Å²) in [4.78, 5) is 20.8. The Kier molecular flexibility index (Phi) is 4.54. The van der Waals surface area contributed by atoms with Crippen molar-refractivity contribution < 1.29 is 27.1 Å². The molecule has 3 aromatic rings. The van der Waals surface area contributed by atoms with Crippen LogP contribution in [0.25, 0.3) is 22.2 Å². The van der Waals surface area contributed by atoms with Crippen LogP contribution < -0.4 is 0 Å². The summed E-state index contributed by atoms with van der Waals surface area (Å²) in [6, 6.07) is 9.02. The van der Waals surface area contributed by atoms with Crippen molar-refractivity contribution in [3.05, 3.63) is 54.1 Å². The number of rotatable bonds is 2. The van der Waals surface area contributed by atoms with Crippen LogP contribution in [0.15, 0.2) is 42.7 Å². The predicted molar refractivity (Wildman–Crippen MR) is 93.2 cm³/mol. The molecule has 1 fully saturated rings. The van der Waals surface area contributed by atoms with E-state index in [1.165, 1.54) is 18.5 Å². The Morgan fingerprint density at radius 2 is 2.00 bits per heavy atom. The second-order valence-corrected chi connectivity index (χ2v) is 6.52. The molecule has 1 unspecified atom stereocenters. The number of aromatic amines is 1. The zero-order chi connectivity index (χ0) is 19.9. The fourth-order valence-corrected chi connectivity index (χ4v) is 3.21. The third-order valence-electron chi connectivity index (χ3n) is 4.62. The van der Waals surface area contributed by atoms with Gasteiger partial charge in [0.1, 0.15) is 5.82 Å². The van der Waals surface area contributed by atoms with E-state index < -0.39 is 30.5 Å². The van der Waals surface area contributed by atoms with E-state index in [1.54, 1.807) is 18.2 Å². The first kappa shape index (κ1) is 18.4. The molecule has 1 aliphatic rings. The van der Waals surface area contributed by atoms with Crippen molar-refractivity contribution in [2.75, 3.05) is 19.7 Å². The number of morpholine rings is 1. The molecule has 4 rings (SSSR count). The second kappa shape index (κ2) is 6.90. The lowest BCUT2D eigenvalue weighted by Crippen LogP contribution is -2.51. The number of fused-ring (bicyclic) bond motifs is 1. The zero-order valence-electron chi connectivity index (χ0n) is 14.5. The smallest absolute Gasteiger partial charge is 0.365 e. The normalized spacial score (nSPS) is 17.9. The van der Waals surface area contributed by atoms with Crippen LogP contribution in [0.2, 0.25) is 0 Å². The maximum absolute atomic E-state index is 14.2. The molecular formula is C19H15F4N3O2. The monoisotopic (exact) mass is 393 g/mol. The zero-order valence-corrected chi connectivity index (χ0v) is 14.5. The van der Waals surface area contributed by atoms with Crippen LogP contribution in [-0.2, 0) is 4.74 Å². The number of nitrogens with one attached hydrogen (secondary N) is 1. The minimum Gasteiger partial charge on any atom is -0.365 e. The largest absolute Gasteiger partial charge is 0.416 e. The first-order valence-corrected chi connectivity index (χ1v) is 8.53. The van der Waals surface area contributed by atoms with Crippen molar-refractivity contribution in [2.24, 2.45) is 0 Å². The summed E-state index contributed by atoms with van der Waals surface area (Å²) >= 11 is 0. The number of nitrogens with zero attached hydrogens (tertiary/aromatic N) is 2. The van der Waals surface area contributed by atoms with Gasteiger partial charge in [-0.3, -0.25) is 4.79 Å². The molecule has 9 heteroatoms. The van der Waals surface area contributed by atoms with E-state index >= 15 is 0 Å². The highest BCUT2D eigenvalue weighted by atomic mass is 19.4. The summed E-state index contributed by atoms with van der Waals surface area (Å²) in [7, 11) is 0. The van der Waals surface area contributed by atoms with Crippen LogP contribution in [-0.4, -0.2) is 52.8 Å². The molecule has 1 amide bonds. The molecular weight excluding hydrogens is 378 g/mol. The number of halogens is 4. The number of amides is 1. The van der Waals surface area contributed by atoms with Gasteiger partial charge in [-0.2, -0.15) is 13.2 Å². The van der Waals surface area contributed by atoms with E-state index in [0.717, 1.165) is 22.0 Å². The molecule has 1 saturated heterocycles. The Bertz CT molecular complexity index is 1030. The van der Waals surface area contributed by atoms with Crippen LogP contribution in [0.3, 0.4) is 0 Å². The summed E-state index contributed by atoms with van der Waals surface area (Å²) < 4.78 is 57.6. The van der Waals surface area contributed by atoms with Crippen molar-refractivity contribution >= 4 is 16.9 Å². The van der Waals surface area contributed by atoms with Gasteiger partial charge in [0, 0.05) is 12.1 Å².